The quantitative estimate of drug-likeness (QED) is 0.724. The zero-order valence-corrected chi connectivity index (χ0v) is 10.9. The summed E-state index contributed by atoms with van der Waals surface area (Å²) in [5.41, 5.74) is -0.296. The molecule has 0 amide bonds. The number of halogens is 2. The fourth-order valence-corrected chi connectivity index (χ4v) is 2.33. The van der Waals surface area contributed by atoms with Crippen molar-refractivity contribution in [1.29, 1.82) is 0 Å². The molecule has 0 aliphatic rings. The fraction of sp³-hybridized carbons (Fsp3) is 0. The predicted molar refractivity (Wildman–Crippen MR) is 65.8 cm³/mol. The van der Waals surface area contributed by atoms with Crippen LogP contribution >= 0.6 is 45.2 Å². The highest BCUT2D eigenvalue weighted by Crippen LogP contribution is 2.22. The lowest BCUT2D eigenvalue weighted by Crippen LogP contribution is -2.12. The average Bonchev–Trinajstić information content (AvgIpc) is 2.07. The van der Waals surface area contributed by atoms with Gasteiger partial charge in [0, 0.05) is 7.14 Å². The van der Waals surface area contributed by atoms with Gasteiger partial charge in [0.1, 0.15) is 0 Å². The molecule has 0 heterocycles. The second kappa shape index (κ2) is 4.43. The van der Waals surface area contributed by atoms with Crippen LogP contribution in [0.25, 0.3) is 0 Å². The number of benzene rings is 1. The van der Waals surface area contributed by atoms with E-state index in [1.54, 1.807) is 57.3 Å². The zero-order valence-electron chi connectivity index (χ0n) is 6.62. The Bertz CT molecular complexity index is 375. The Morgan fingerprint density at radius 2 is 1.21 bits per heavy atom. The van der Waals surface area contributed by atoms with Gasteiger partial charge in [-0.2, -0.15) is 0 Å². The van der Waals surface area contributed by atoms with Crippen LogP contribution in [0.2, 0.25) is 0 Å². The van der Waals surface area contributed by atoms with Crippen LogP contribution in [0, 0.1) is 7.14 Å². The SMILES string of the molecule is O=C(O)c1c(I)ccc(I)c1C(=O)O. The highest BCUT2D eigenvalue weighted by molar-refractivity contribution is 14.1. The molecule has 6 heteroatoms. The standard InChI is InChI=1S/C8H4I2O4/c9-3-1-2-4(10)6(8(13)14)5(3)7(11)12/h1-2H,(H,11,12)(H,13,14). The fourth-order valence-electron chi connectivity index (χ4n) is 0.970. The van der Waals surface area contributed by atoms with Crippen LogP contribution in [0.4, 0.5) is 0 Å². The molecular formula is C8H4I2O4. The Labute approximate surface area is 107 Å². The third-order valence-corrected chi connectivity index (χ3v) is 3.33. The maximum atomic E-state index is 10.8. The van der Waals surface area contributed by atoms with Gasteiger partial charge in [-0.25, -0.2) is 9.59 Å². The molecule has 74 valence electrons. The topological polar surface area (TPSA) is 74.6 Å². The summed E-state index contributed by atoms with van der Waals surface area (Å²) in [6.07, 6.45) is 0. The maximum absolute atomic E-state index is 10.8. The van der Waals surface area contributed by atoms with Gasteiger partial charge in [0.25, 0.3) is 0 Å². The van der Waals surface area contributed by atoms with E-state index in [1.807, 2.05) is 0 Å². The van der Waals surface area contributed by atoms with Crippen LogP contribution in [0.3, 0.4) is 0 Å². The molecule has 0 fully saturated rings. The van der Waals surface area contributed by atoms with Crippen LogP contribution < -0.4 is 0 Å². The van der Waals surface area contributed by atoms with Gasteiger partial charge in [0.15, 0.2) is 0 Å². The minimum Gasteiger partial charge on any atom is -0.478 e. The Hall–Kier alpha value is -0.380. The molecular weight excluding hydrogens is 414 g/mol. The van der Waals surface area contributed by atoms with Crippen LogP contribution in [0.5, 0.6) is 0 Å². The lowest BCUT2D eigenvalue weighted by molar-refractivity contribution is 0.0649. The third-order valence-electron chi connectivity index (χ3n) is 1.53. The number of carboxylic acid groups (broad SMARTS) is 2. The Morgan fingerprint density at radius 1 is 0.929 bits per heavy atom. The van der Waals surface area contributed by atoms with E-state index in [2.05, 4.69) is 0 Å². The van der Waals surface area contributed by atoms with E-state index in [1.165, 1.54) is 0 Å². The Kier molecular flexibility index (Phi) is 3.70. The summed E-state index contributed by atoms with van der Waals surface area (Å²) in [5.74, 6) is -2.43. The van der Waals surface area contributed by atoms with E-state index in [4.69, 9.17) is 10.2 Å². The van der Waals surface area contributed by atoms with Crippen LogP contribution in [0.1, 0.15) is 20.7 Å². The second-order valence-electron chi connectivity index (χ2n) is 2.39. The zero-order chi connectivity index (χ0) is 10.9. The monoisotopic (exact) mass is 418 g/mol. The molecule has 0 saturated heterocycles. The Balaban J connectivity index is 3.58. The molecule has 0 atom stereocenters. The number of carbonyl (C=O) groups is 2. The summed E-state index contributed by atoms with van der Waals surface area (Å²) in [5, 5.41) is 17.7. The summed E-state index contributed by atoms with van der Waals surface area (Å²) in [7, 11) is 0. The summed E-state index contributed by atoms with van der Waals surface area (Å²) < 4.78 is 0.848. The van der Waals surface area contributed by atoms with Gasteiger partial charge in [0.2, 0.25) is 0 Å². The van der Waals surface area contributed by atoms with Crippen molar-refractivity contribution in [3.63, 3.8) is 0 Å². The van der Waals surface area contributed by atoms with Crippen molar-refractivity contribution in [3.8, 4) is 0 Å². The van der Waals surface area contributed by atoms with E-state index in [0.29, 0.717) is 7.14 Å². The van der Waals surface area contributed by atoms with E-state index >= 15 is 0 Å². The minimum absolute atomic E-state index is 0.148. The lowest BCUT2D eigenvalue weighted by atomic mass is 10.1. The molecule has 0 aliphatic carbocycles. The van der Waals surface area contributed by atoms with Crippen LogP contribution in [-0.4, -0.2) is 22.2 Å². The number of aromatic carboxylic acids is 2. The highest BCUT2D eigenvalue weighted by atomic mass is 127. The van der Waals surface area contributed by atoms with Crippen molar-refractivity contribution in [2.45, 2.75) is 0 Å². The van der Waals surface area contributed by atoms with Crippen molar-refractivity contribution < 1.29 is 19.8 Å². The van der Waals surface area contributed by atoms with Gasteiger partial charge in [0.05, 0.1) is 11.1 Å². The molecule has 1 aromatic rings. The van der Waals surface area contributed by atoms with E-state index in [9.17, 15) is 9.59 Å². The van der Waals surface area contributed by atoms with Gasteiger partial charge < -0.3 is 10.2 Å². The minimum atomic E-state index is -1.22. The number of rotatable bonds is 2. The smallest absolute Gasteiger partial charge is 0.337 e. The van der Waals surface area contributed by atoms with Crippen molar-refractivity contribution >= 4 is 57.1 Å². The van der Waals surface area contributed by atoms with Crippen molar-refractivity contribution in [3.05, 3.63) is 30.4 Å². The van der Waals surface area contributed by atoms with Gasteiger partial charge >= 0.3 is 11.9 Å². The molecule has 0 radical (unpaired) electrons. The van der Waals surface area contributed by atoms with Crippen molar-refractivity contribution in [1.82, 2.24) is 0 Å². The first-order valence-electron chi connectivity index (χ1n) is 3.39. The number of hydrogen-bond acceptors (Lipinski definition) is 2. The van der Waals surface area contributed by atoms with Crippen molar-refractivity contribution in [2.24, 2.45) is 0 Å². The summed E-state index contributed by atoms with van der Waals surface area (Å²) >= 11 is 3.61. The molecule has 0 aliphatic heterocycles. The summed E-state index contributed by atoms with van der Waals surface area (Å²) in [4.78, 5) is 21.7. The van der Waals surface area contributed by atoms with E-state index in [0.717, 1.165) is 0 Å². The van der Waals surface area contributed by atoms with E-state index < -0.39 is 11.9 Å². The first-order valence-corrected chi connectivity index (χ1v) is 5.55. The lowest BCUT2D eigenvalue weighted by Gasteiger charge is -2.05. The number of carboxylic acids is 2. The molecule has 4 nitrogen and oxygen atoms in total. The molecule has 14 heavy (non-hydrogen) atoms. The second-order valence-corrected chi connectivity index (χ2v) is 4.71. The van der Waals surface area contributed by atoms with E-state index in [-0.39, 0.29) is 11.1 Å². The summed E-state index contributed by atoms with van der Waals surface area (Å²) in [6, 6.07) is 3.16. The Morgan fingerprint density at radius 3 is 1.43 bits per heavy atom. The van der Waals surface area contributed by atoms with Crippen molar-refractivity contribution in [2.75, 3.05) is 0 Å². The molecule has 0 aromatic heterocycles. The largest absolute Gasteiger partial charge is 0.478 e. The summed E-state index contributed by atoms with van der Waals surface area (Å²) in [6.45, 7) is 0. The van der Waals surface area contributed by atoms with Crippen LogP contribution in [0.15, 0.2) is 12.1 Å². The molecule has 1 rings (SSSR count). The molecule has 0 bridgehead atoms. The molecule has 0 unspecified atom stereocenters. The van der Waals surface area contributed by atoms with Crippen LogP contribution in [-0.2, 0) is 0 Å². The average molecular weight is 418 g/mol. The molecule has 0 spiro atoms. The molecule has 1 aromatic carbocycles. The first-order chi connectivity index (χ1) is 6.45. The van der Waals surface area contributed by atoms with Gasteiger partial charge in [-0.3, -0.25) is 0 Å². The normalized spacial score (nSPS) is 9.86. The highest BCUT2D eigenvalue weighted by Gasteiger charge is 2.21. The maximum Gasteiger partial charge on any atom is 0.337 e. The third kappa shape index (κ3) is 2.16. The first kappa shape index (κ1) is 11.7. The van der Waals surface area contributed by atoms with Gasteiger partial charge in [-0.15, -0.1) is 0 Å². The number of hydrogen-bond donors (Lipinski definition) is 2. The molecule has 0 saturated carbocycles. The predicted octanol–water partition coefficient (Wildman–Crippen LogP) is 2.29. The van der Waals surface area contributed by atoms with Gasteiger partial charge in [-0.1, -0.05) is 0 Å². The van der Waals surface area contributed by atoms with Gasteiger partial charge in [-0.05, 0) is 57.3 Å². The molecule has 2 N–H and O–H groups in total.